The van der Waals surface area contributed by atoms with Gasteiger partial charge in [-0.15, -0.1) is 0 Å². The van der Waals surface area contributed by atoms with Crippen molar-refractivity contribution in [2.45, 2.75) is 26.3 Å². The standard InChI is InChI=1S/C16H26ClN3/c1-16(2,3)20-12-10-19(11-13-20)9-8-18-15-6-4-14(17)5-7-15/h4-7,18H,8-13H2,1-3H3. The molecule has 1 aromatic carbocycles. The summed E-state index contributed by atoms with van der Waals surface area (Å²) in [5, 5.41) is 4.23. The summed E-state index contributed by atoms with van der Waals surface area (Å²) < 4.78 is 0. The summed E-state index contributed by atoms with van der Waals surface area (Å²) in [4.78, 5) is 5.10. The summed E-state index contributed by atoms with van der Waals surface area (Å²) >= 11 is 5.88. The fourth-order valence-electron chi connectivity index (χ4n) is 2.57. The quantitative estimate of drug-likeness (QED) is 0.920. The van der Waals surface area contributed by atoms with E-state index in [2.05, 4.69) is 35.9 Å². The highest BCUT2D eigenvalue weighted by Gasteiger charge is 2.25. The Balaban J connectivity index is 1.67. The van der Waals surface area contributed by atoms with Gasteiger partial charge in [0.2, 0.25) is 0 Å². The molecule has 1 saturated heterocycles. The first-order valence-corrected chi connectivity index (χ1v) is 7.80. The van der Waals surface area contributed by atoms with Gasteiger partial charge in [-0.05, 0) is 45.0 Å². The molecule has 4 heteroatoms. The van der Waals surface area contributed by atoms with Crippen molar-refractivity contribution in [3.63, 3.8) is 0 Å². The van der Waals surface area contributed by atoms with E-state index in [0.717, 1.165) is 23.8 Å². The van der Waals surface area contributed by atoms with Gasteiger partial charge in [0.25, 0.3) is 0 Å². The number of benzene rings is 1. The molecule has 0 unspecified atom stereocenters. The normalized spacial score (nSPS) is 18.2. The van der Waals surface area contributed by atoms with E-state index in [1.165, 1.54) is 26.2 Å². The predicted molar refractivity (Wildman–Crippen MR) is 87.7 cm³/mol. The van der Waals surface area contributed by atoms with Crippen molar-refractivity contribution in [3.8, 4) is 0 Å². The lowest BCUT2D eigenvalue weighted by atomic mass is 10.1. The van der Waals surface area contributed by atoms with Crippen molar-refractivity contribution in [1.82, 2.24) is 9.80 Å². The van der Waals surface area contributed by atoms with Crippen LogP contribution in [0, 0.1) is 0 Å². The Kier molecular flexibility index (Phi) is 5.30. The molecule has 0 radical (unpaired) electrons. The fourth-order valence-corrected chi connectivity index (χ4v) is 2.69. The summed E-state index contributed by atoms with van der Waals surface area (Å²) in [7, 11) is 0. The zero-order valence-electron chi connectivity index (χ0n) is 12.8. The van der Waals surface area contributed by atoms with E-state index in [0.29, 0.717) is 5.54 Å². The van der Waals surface area contributed by atoms with Crippen LogP contribution in [0.5, 0.6) is 0 Å². The van der Waals surface area contributed by atoms with Crippen molar-refractivity contribution >= 4 is 17.3 Å². The molecule has 0 bridgehead atoms. The number of anilines is 1. The Morgan fingerprint density at radius 3 is 2.20 bits per heavy atom. The second-order valence-electron chi connectivity index (χ2n) is 6.43. The average molecular weight is 296 g/mol. The van der Waals surface area contributed by atoms with E-state index in [1.807, 2.05) is 24.3 Å². The van der Waals surface area contributed by atoms with Crippen LogP contribution in [0.25, 0.3) is 0 Å². The topological polar surface area (TPSA) is 18.5 Å². The van der Waals surface area contributed by atoms with E-state index in [1.54, 1.807) is 0 Å². The minimum atomic E-state index is 0.299. The van der Waals surface area contributed by atoms with E-state index < -0.39 is 0 Å². The molecule has 0 aliphatic carbocycles. The third-order valence-corrected chi connectivity index (χ3v) is 4.17. The SMILES string of the molecule is CC(C)(C)N1CCN(CCNc2ccc(Cl)cc2)CC1. The van der Waals surface area contributed by atoms with Gasteiger partial charge in [-0.1, -0.05) is 11.6 Å². The van der Waals surface area contributed by atoms with Crippen molar-refractivity contribution in [3.05, 3.63) is 29.3 Å². The maximum absolute atomic E-state index is 5.88. The molecule has 20 heavy (non-hydrogen) atoms. The van der Waals surface area contributed by atoms with Gasteiger partial charge in [0.1, 0.15) is 0 Å². The van der Waals surface area contributed by atoms with Gasteiger partial charge in [-0.2, -0.15) is 0 Å². The van der Waals surface area contributed by atoms with Crippen LogP contribution in [0.2, 0.25) is 5.02 Å². The van der Waals surface area contributed by atoms with Gasteiger partial charge in [-0.3, -0.25) is 9.80 Å². The second-order valence-corrected chi connectivity index (χ2v) is 6.87. The molecule has 1 heterocycles. The van der Waals surface area contributed by atoms with Gasteiger partial charge in [0, 0.05) is 55.5 Å². The van der Waals surface area contributed by atoms with Gasteiger partial charge >= 0.3 is 0 Å². The maximum Gasteiger partial charge on any atom is 0.0407 e. The van der Waals surface area contributed by atoms with Crippen molar-refractivity contribution < 1.29 is 0 Å². The van der Waals surface area contributed by atoms with Crippen LogP contribution in [-0.4, -0.2) is 54.6 Å². The summed E-state index contributed by atoms with van der Waals surface area (Å²) in [6.45, 7) is 13.6. The van der Waals surface area contributed by atoms with E-state index in [4.69, 9.17) is 11.6 Å². The third kappa shape index (κ3) is 4.65. The monoisotopic (exact) mass is 295 g/mol. The van der Waals surface area contributed by atoms with Crippen molar-refractivity contribution in [1.29, 1.82) is 0 Å². The molecule has 2 rings (SSSR count). The molecule has 0 spiro atoms. The van der Waals surface area contributed by atoms with E-state index in [-0.39, 0.29) is 0 Å². The van der Waals surface area contributed by atoms with Crippen LogP contribution in [0.4, 0.5) is 5.69 Å². The molecule has 1 N–H and O–H groups in total. The minimum absolute atomic E-state index is 0.299. The Labute approximate surface area is 127 Å². The number of hydrogen-bond acceptors (Lipinski definition) is 3. The first kappa shape index (κ1) is 15.6. The van der Waals surface area contributed by atoms with Gasteiger partial charge in [0.05, 0.1) is 0 Å². The summed E-state index contributed by atoms with van der Waals surface area (Å²) in [5.41, 5.74) is 1.44. The highest BCUT2D eigenvalue weighted by atomic mass is 35.5. The molecule has 0 saturated carbocycles. The van der Waals surface area contributed by atoms with Crippen molar-refractivity contribution in [2.24, 2.45) is 0 Å². The molecule has 112 valence electrons. The zero-order chi connectivity index (χ0) is 14.6. The van der Waals surface area contributed by atoms with Crippen LogP contribution in [0.3, 0.4) is 0 Å². The Morgan fingerprint density at radius 1 is 1.05 bits per heavy atom. The maximum atomic E-state index is 5.88. The third-order valence-electron chi connectivity index (χ3n) is 3.92. The Hall–Kier alpha value is -0.770. The lowest BCUT2D eigenvalue weighted by Crippen LogP contribution is -2.53. The molecule has 0 atom stereocenters. The Bertz CT molecular complexity index is 403. The summed E-state index contributed by atoms with van der Waals surface area (Å²) in [6.07, 6.45) is 0. The average Bonchev–Trinajstić information content (AvgIpc) is 2.41. The van der Waals surface area contributed by atoms with Gasteiger partial charge in [-0.25, -0.2) is 0 Å². The van der Waals surface area contributed by atoms with Crippen LogP contribution >= 0.6 is 11.6 Å². The summed E-state index contributed by atoms with van der Waals surface area (Å²) in [5.74, 6) is 0. The number of piperazine rings is 1. The summed E-state index contributed by atoms with van der Waals surface area (Å²) in [6, 6.07) is 7.90. The Morgan fingerprint density at radius 2 is 1.65 bits per heavy atom. The lowest BCUT2D eigenvalue weighted by molar-refractivity contribution is 0.0642. The highest BCUT2D eigenvalue weighted by Crippen LogP contribution is 2.16. The first-order chi connectivity index (χ1) is 9.45. The van der Waals surface area contributed by atoms with Crippen LogP contribution in [-0.2, 0) is 0 Å². The zero-order valence-corrected chi connectivity index (χ0v) is 13.6. The molecule has 1 aromatic rings. The van der Waals surface area contributed by atoms with Gasteiger partial charge in [0.15, 0.2) is 0 Å². The molecular formula is C16H26ClN3. The first-order valence-electron chi connectivity index (χ1n) is 7.42. The largest absolute Gasteiger partial charge is 0.384 e. The number of nitrogens with zero attached hydrogens (tertiary/aromatic N) is 2. The second kappa shape index (κ2) is 6.79. The lowest BCUT2D eigenvalue weighted by Gasteiger charge is -2.42. The van der Waals surface area contributed by atoms with Gasteiger partial charge < -0.3 is 5.32 Å². The molecule has 0 aromatic heterocycles. The van der Waals surface area contributed by atoms with E-state index in [9.17, 15) is 0 Å². The number of hydrogen-bond donors (Lipinski definition) is 1. The van der Waals surface area contributed by atoms with E-state index >= 15 is 0 Å². The fraction of sp³-hybridized carbons (Fsp3) is 0.625. The van der Waals surface area contributed by atoms with Crippen LogP contribution < -0.4 is 5.32 Å². The molecule has 1 fully saturated rings. The molecule has 1 aliphatic rings. The number of rotatable bonds is 4. The predicted octanol–water partition coefficient (Wildman–Crippen LogP) is 3.17. The number of halogens is 1. The van der Waals surface area contributed by atoms with Crippen LogP contribution in [0.1, 0.15) is 20.8 Å². The highest BCUT2D eigenvalue weighted by molar-refractivity contribution is 6.30. The molecular weight excluding hydrogens is 270 g/mol. The van der Waals surface area contributed by atoms with Crippen LogP contribution in [0.15, 0.2) is 24.3 Å². The minimum Gasteiger partial charge on any atom is -0.384 e. The number of nitrogens with one attached hydrogen (secondary N) is 1. The molecule has 3 nitrogen and oxygen atoms in total. The molecule has 0 amide bonds. The molecule has 1 aliphatic heterocycles. The smallest absolute Gasteiger partial charge is 0.0407 e. The van der Waals surface area contributed by atoms with Crippen molar-refractivity contribution in [2.75, 3.05) is 44.6 Å².